The Kier molecular flexibility index (Phi) is 5.84. The van der Waals surface area contributed by atoms with Crippen LogP contribution in [0.2, 0.25) is 0 Å². The molecule has 2 rings (SSSR count). The van der Waals surface area contributed by atoms with E-state index in [1.54, 1.807) is 37.3 Å². The Morgan fingerprint density at radius 2 is 1.88 bits per heavy atom. The molecule has 0 aliphatic heterocycles. The number of benzene rings is 2. The second-order valence-electron chi connectivity index (χ2n) is 5.43. The number of non-ortho nitro benzene ring substituents is 1. The fourth-order valence-corrected chi connectivity index (χ4v) is 2.09. The van der Waals surface area contributed by atoms with Gasteiger partial charge in [0.1, 0.15) is 6.10 Å². The fraction of sp³-hybridized carbons (Fsp3) is 0.222. The molecule has 1 unspecified atom stereocenters. The van der Waals surface area contributed by atoms with Crippen LogP contribution in [0.3, 0.4) is 0 Å². The Labute approximate surface area is 144 Å². The molecule has 130 valence electrons. The number of carbonyl (C=O) groups excluding carboxylic acids is 2. The van der Waals surface area contributed by atoms with Crippen LogP contribution in [0.25, 0.3) is 0 Å². The molecule has 1 amide bonds. The number of hydrogen-bond donors (Lipinski definition) is 1. The monoisotopic (exact) mass is 342 g/mol. The third-order valence-corrected chi connectivity index (χ3v) is 3.61. The number of anilines is 1. The van der Waals surface area contributed by atoms with Gasteiger partial charge in [-0.05, 0) is 19.4 Å². The van der Waals surface area contributed by atoms with Gasteiger partial charge in [-0.15, -0.1) is 0 Å². The van der Waals surface area contributed by atoms with Crippen molar-refractivity contribution in [3.05, 3.63) is 69.8 Å². The van der Waals surface area contributed by atoms with Gasteiger partial charge in [-0.2, -0.15) is 0 Å². The molecule has 7 heteroatoms. The quantitative estimate of drug-likeness (QED) is 0.482. The summed E-state index contributed by atoms with van der Waals surface area (Å²) in [4.78, 5) is 35.0. The van der Waals surface area contributed by atoms with Crippen molar-refractivity contribution < 1.29 is 19.2 Å². The van der Waals surface area contributed by atoms with E-state index in [-0.39, 0.29) is 23.0 Å². The van der Waals surface area contributed by atoms with Crippen molar-refractivity contribution in [2.24, 2.45) is 0 Å². The summed E-state index contributed by atoms with van der Waals surface area (Å²) >= 11 is 0. The lowest BCUT2D eigenvalue weighted by atomic mass is 10.0. The molecule has 25 heavy (non-hydrogen) atoms. The number of nitro benzene ring substituents is 1. The number of nitrogens with one attached hydrogen (secondary N) is 1. The second-order valence-corrected chi connectivity index (χ2v) is 5.43. The van der Waals surface area contributed by atoms with E-state index < -0.39 is 16.8 Å². The van der Waals surface area contributed by atoms with Gasteiger partial charge in [-0.3, -0.25) is 20.2 Å². The Morgan fingerprint density at radius 3 is 2.48 bits per heavy atom. The van der Waals surface area contributed by atoms with Gasteiger partial charge in [0.25, 0.3) is 5.69 Å². The molecule has 0 saturated carbocycles. The van der Waals surface area contributed by atoms with Gasteiger partial charge >= 0.3 is 6.09 Å². The normalized spacial score (nSPS) is 11.4. The third kappa shape index (κ3) is 4.63. The van der Waals surface area contributed by atoms with Gasteiger partial charge in [0.2, 0.25) is 0 Å². The summed E-state index contributed by atoms with van der Waals surface area (Å²) in [5.41, 5.74) is 0.315. The van der Waals surface area contributed by atoms with Crippen LogP contribution in [0.15, 0.2) is 48.5 Å². The van der Waals surface area contributed by atoms with Gasteiger partial charge in [0, 0.05) is 17.7 Å². The third-order valence-electron chi connectivity index (χ3n) is 3.61. The van der Waals surface area contributed by atoms with Gasteiger partial charge in [0.15, 0.2) is 5.78 Å². The standard InChI is InChI=1S/C18H18N2O5/c1-3-12(2)25-18(22)19-16-10-9-14(20(23)24)11-15(16)17(21)13-7-5-4-6-8-13/h4-12H,3H2,1-2H3,(H,19,22). The highest BCUT2D eigenvalue weighted by Gasteiger charge is 2.20. The van der Waals surface area contributed by atoms with Gasteiger partial charge in [-0.25, -0.2) is 4.79 Å². The van der Waals surface area contributed by atoms with E-state index in [0.717, 1.165) is 6.07 Å². The average molecular weight is 342 g/mol. The Hall–Kier alpha value is -3.22. The topological polar surface area (TPSA) is 98.5 Å². The minimum Gasteiger partial charge on any atom is -0.446 e. The van der Waals surface area contributed by atoms with E-state index in [4.69, 9.17) is 4.74 Å². The highest BCUT2D eigenvalue weighted by molar-refractivity contribution is 6.13. The number of nitro groups is 1. The maximum Gasteiger partial charge on any atom is 0.411 e. The minimum absolute atomic E-state index is 0.0292. The first kappa shape index (κ1) is 18.1. The van der Waals surface area contributed by atoms with Crippen LogP contribution in [0.1, 0.15) is 36.2 Å². The zero-order chi connectivity index (χ0) is 18.4. The number of amides is 1. The number of ether oxygens (including phenoxy) is 1. The molecule has 0 aliphatic rings. The van der Waals surface area contributed by atoms with Crippen molar-refractivity contribution in [3.63, 3.8) is 0 Å². The SMILES string of the molecule is CCC(C)OC(=O)Nc1ccc([N+](=O)[O-])cc1C(=O)c1ccccc1. The summed E-state index contributed by atoms with van der Waals surface area (Å²) in [5, 5.41) is 13.5. The molecule has 0 spiro atoms. The van der Waals surface area contributed by atoms with E-state index in [0.29, 0.717) is 12.0 Å². The zero-order valence-electron chi connectivity index (χ0n) is 13.9. The molecular weight excluding hydrogens is 324 g/mol. The zero-order valence-corrected chi connectivity index (χ0v) is 13.9. The summed E-state index contributed by atoms with van der Waals surface area (Å²) < 4.78 is 5.13. The molecule has 1 atom stereocenters. The molecule has 0 bridgehead atoms. The van der Waals surface area contributed by atoms with Crippen molar-refractivity contribution in [1.82, 2.24) is 0 Å². The molecular formula is C18H18N2O5. The number of carbonyl (C=O) groups is 2. The Morgan fingerprint density at radius 1 is 1.20 bits per heavy atom. The lowest BCUT2D eigenvalue weighted by Gasteiger charge is -2.14. The van der Waals surface area contributed by atoms with Crippen LogP contribution < -0.4 is 5.32 Å². The molecule has 0 saturated heterocycles. The lowest BCUT2D eigenvalue weighted by Crippen LogP contribution is -2.21. The number of hydrogen-bond acceptors (Lipinski definition) is 5. The van der Waals surface area contributed by atoms with E-state index in [1.807, 2.05) is 6.92 Å². The van der Waals surface area contributed by atoms with Crippen LogP contribution in [0.4, 0.5) is 16.2 Å². The highest BCUT2D eigenvalue weighted by atomic mass is 16.6. The van der Waals surface area contributed by atoms with E-state index in [2.05, 4.69) is 5.32 Å². The maximum atomic E-state index is 12.7. The van der Waals surface area contributed by atoms with Crippen molar-refractivity contribution in [1.29, 1.82) is 0 Å². The molecule has 0 aromatic heterocycles. The predicted octanol–water partition coefficient (Wildman–Crippen LogP) is 4.17. The molecule has 1 N–H and O–H groups in total. The van der Waals surface area contributed by atoms with E-state index in [1.165, 1.54) is 12.1 Å². The highest BCUT2D eigenvalue weighted by Crippen LogP contribution is 2.25. The van der Waals surface area contributed by atoms with E-state index >= 15 is 0 Å². The number of nitrogens with zero attached hydrogens (tertiary/aromatic N) is 1. The largest absolute Gasteiger partial charge is 0.446 e. The fourth-order valence-electron chi connectivity index (χ4n) is 2.09. The second kappa shape index (κ2) is 8.05. The summed E-state index contributed by atoms with van der Waals surface area (Å²) in [6.07, 6.45) is -0.361. The number of rotatable bonds is 6. The summed E-state index contributed by atoms with van der Waals surface area (Å²) in [7, 11) is 0. The number of ketones is 1. The van der Waals surface area contributed by atoms with Crippen molar-refractivity contribution in [2.45, 2.75) is 26.4 Å². The first-order valence-corrected chi connectivity index (χ1v) is 7.78. The summed E-state index contributed by atoms with van der Waals surface area (Å²) in [5.74, 6) is -0.428. The van der Waals surface area contributed by atoms with Crippen LogP contribution in [0, 0.1) is 10.1 Å². The molecule has 0 fully saturated rings. The van der Waals surface area contributed by atoms with Crippen molar-refractivity contribution in [2.75, 3.05) is 5.32 Å². The van der Waals surface area contributed by atoms with Gasteiger partial charge in [-0.1, -0.05) is 37.3 Å². The van der Waals surface area contributed by atoms with Crippen LogP contribution in [-0.4, -0.2) is 22.9 Å². The van der Waals surface area contributed by atoms with Crippen LogP contribution in [-0.2, 0) is 4.74 Å². The lowest BCUT2D eigenvalue weighted by molar-refractivity contribution is -0.384. The average Bonchev–Trinajstić information content (AvgIpc) is 2.61. The molecule has 0 aliphatic carbocycles. The smallest absolute Gasteiger partial charge is 0.411 e. The Bertz CT molecular complexity index is 789. The molecule has 0 radical (unpaired) electrons. The van der Waals surface area contributed by atoms with Crippen LogP contribution >= 0.6 is 0 Å². The van der Waals surface area contributed by atoms with Gasteiger partial charge in [0.05, 0.1) is 16.2 Å². The van der Waals surface area contributed by atoms with Gasteiger partial charge < -0.3 is 4.74 Å². The van der Waals surface area contributed by atoms with Crippen molar-refractivity contribution >= 4 is 23.3 Å². The van der Waals surface area contributed by atoms with Crippen molar-refractivity contribution in [3.8, 4) is 0 Å². The maximum absolute atomic E-state index is 12.7. The molecule has 0 heterocycles. The summed E-state index contributed by atoms with van der Waals surface area (Å²) in [6, 6.07) is 12.0. The minimum atomic E-state index is -0.717. The first-order chi connectivity index (χ1) is 11.9. The summed E-state index contributed by atoms with van der Waals surface area (Å²) in [6.45, 7) is 3.61. The molecule has 2 aromatic carbocycles. The van der Waals surface area contributed by atoms with E-state index in [9.17, 15) is 19.7 Å². The van der Waals surface area contributed by atoms with Crippen LogP contribution in [0.5, 0.6) is 0 Å². The molecule has 7 nitrogen and oxygen atoms in total. The molecule has 2 aromatic rings. The first-order valence-electron chi connectivity index (χ1n) is 7.78. The Balaban J connectivity index is 2.37. The predicted molar refractivity (Wildman–Crippen MR) is 92.8 cm³/mol.